The molecule has 0 bridgehead atoms. The number of piperidine rings is 1. The SMILES string of the molecule is O=C(NCCCCC1CCN(C(=O)c2ccc(C(F)(F)F)cn2)CC1)c1cc2cnccc2[nH]1. The van der Waals surface area contributed by atoms with E-state index in [2.05, 4.69) is 20.3 Å². The van der Waals surface area contributed by atoms with Crippen LogP contribution in [0.3, 0.4) is 0 Å². The number of nitrogens with one attached hydrogen (secondary N) is 2. The highest BCUT2D eigenvalue weighted by atomic mass is 19.4. The van der Waals surface area contributed by atoms with Crippen molar-refractivity contribution in [1.29, 1.82) is 0 Å². The van der Waals surface area contributed by atoms with Gasteiger partial charge < -0.3 is 15.2 Å². The molecule has 180 valence electrons. The second kappa shape index (κ2) is 10.2. The summed E-state index contributed by atoms with van der Waals surface area (Å²) in [5, 5.41) is 3.83. The van der Waals surface area contributed by atoms with E-state index in [4.69, 9.17) is 0 Å². The number of fused-ring (bicyclic) bond motifs is 1. The van der Waals surface area contributed by atoms with Gasteiger partial charge in [0.05, 0.1) is 5.56 Å². The molecule has 4 heterocycles. The number of hydrogen-bond acceptors (Lipinski definition) is 4. The van der Waals surface area contributed by atoms with Crippen molar-refractivity contribution in [2.45, 2.75) is 38.3 Å². The average Bonchev–Trinajstić information content (AvgIpc) is 3.28. The summed E-state index contributed by atoms with van der Waals surface area (Å²) in [6, 6.07) is 5.64. The summed E-state index contributed by atoms with van der Waals surface area (Å²) in [5.41, 5.74) is 0.563. The van der Waals surface area contributed by atoms with E-state index in [-0.39, 0.29) is 17.5 Å². The zero-order valence-corrected chi connectivity index (χ0v) is 18.6. The Morgan fingerprint density at radius 2 is 1.91 bits per heavy atom. The van der Waals surface area contributed by atoms with Gasteiger partial charge in [-0.05, 0) is 49.4 Å². The van der Waals surface area contributed by atoms with Crippen molar-refractivity contribution in [1.82, 2.24) is 25.2 Å². The van der Waals surface area contributed by atoms with Gasteiger partial charge in [-0.2, -0.15) is 13.2 Å². The lowest BCUT2D eigenvalue weighted by molar-refractivity contribution is -0.137. The van der Waals surface area contributed by atoms with Gasteiger partial charge >= 0.3 is 6.18 Å². The van der Waals surface area contributed by atoms with Crippen molar-refractivity contribution in [2.75, 3.05) is 19.6 Å². The highest BCUT2D eigenvalue weighted by Crippen LogP contribution is 2.29. The number of rotatable bonds is 7. The minimum atomic E-state index is -4.47. The quantitative estimate of drug-likeness (QED) is 0.497. The summed E-state index contributed by atoms with van der Waals surface area (Å²) in [7, 11) is 0. The van der Waals surface area contributed by atoms with Gasteiger partial charge in [-0.1, -0.05) is 12.8 Å². The molecule has 7 nitrogen and oxygen atoms in total. The molecule has 3 aromatic rings. The molecule has 0 aliphatic carbocycles. The van der Waals surface area contributed by atoms with E-state index < -0.39 is 11.7 Å². The standard InChI is InChI=1S/C24H26F3N5O2/c25-24(26,27)18-4-5-20(30-15-18)23(34)32-11-7-16(8-12-32)3-1-2-9-29-22(33)21-13-17-14-28-10-6-19(17)31-21/h4-6,10,13-16,31H,1-3,7-9,11-12H2,(H,29,33). The van der Waals surface area contributed by atoms with Crippen LogP contribution in [0.15, 0.2) is 42.9 Å². The molecule has 0 spiro atoms. The molecule has 0 atom stereocenters. The molecule has 0 aromatic carbocycles. The summed E-state index contributed by atoms with van der Waals surface area (Å²) >= 11 is 0. The van der Waals surface area contributed by atoms with Crippen LogP contribution in [-0.2, 0) is 6.18 Å². The third kappa shape index (κ3) is 5.73. The first kappa shape index (κ1) is 23.7. The van der Waals surface area contributed by atoms with Crippen LogP contribution < -0.4 is 5.32 Å². The highest BCUT2D eigenvalue weighted by molar-refractivity contribution is 5.97. The second-order valence-corrected chi connectivity index (χ2v) is 8.56. The molecule has 34 heavy (non-hydrogen) atoms. The minimum absolute atomic E-state index is 0.0356. The van der Waals surface area contributed by atoms with Crippen molar-refractivity contribution in [3.63, 3.8) is 0 Å². The van der Waals surface area contributed by atoms with E-state index in [9.17, 15) is 22.8 Å². The number of alkyl halides is 3. The summed E-state index contributed by atoms with van der Waals surface area (Å²) in [4.78, 5) is 37.3. The Morgan fingerprint density at radius 1 is 1.12 bits per heavy atom. The molecule has 2 amide bonds. The number of hydrogen-bond donors (Lipinski definition) is 2. The van der Waals surface area contributed by atoms with E-state index in [1.54, 1.807) is 23.4 Å². The molecular formula is C24H26F3N5O2. The van der Waals surface area contributed by atoms with E-state index in [1.807, 2.05) is 6.07 Å². The number of aromatic nitrogens is 3. The predicted octanol–water partition coefficient (Wildman–Crippen LogP) is 4.43. The number of amides is 2. The molecule has 1 fully saturated rings. The maximum absolute atomic E-state index is 12.7. The first-order chi connectivity index (χ1) is 16.3. The fourth-order valence-electron chi connectivity index (χ4n) is 4.22. The van der Waals surface area contributed by atoms with Gasteiger partial charge in [0.1, 0.15) is 11.4 Å². The summed E-state index contributed by atoms with van der Waals surface area (Å²) in [6.45, 7) is 1.72. The summed E-state index contributed by atoms with van der Waals surface area (Å²) in [6.07, 6.45) is 4.16. The van der Waals surface area contributed by atoms with Crippen molar-refractivity contribution in [3.05, 3.63) is 59.8 Å². The monoisotopic (exact) mass is 473 g/mol. The number of pyridine rings is 2. The van der Waals surface area contributed by atoms with Gasteiger partial charge in [0.2, 0.25) is 0 Å². The molecule has 0 saturated carbocycles. The highest BCUT2D eigenvalue weighted by Gasteiger charge is 2.31. The van der Waals surface area contributed by atoms with Crippen LogP contribution in [0.5, 0.6) is 0 Å². The Balaban J connectivity index is 1.14. The first-order valence-corrected chi connectivity index (χ1v) is 11.3. The normalized spacial score (nSPS) is 15.0. The van der Waals surface area contributed by atoms with Gasteiger partial charge in [0, 0.05) is 49.1 Å². The predicted molar refractivity (Wildman–Crippen MR) is 120 cm³/mol. The van der Waals surface area contributed by atoms with Crippen LogP contribution in [0.4, 0.5) is 13.2 Å². The van der Waals surface area contributed by atoms with Crippen molar-refractivity contribution in [2.24, 2.45) is 5.92 Å². The molecule has 1 aliphatic heterocycles. The Morgan fingerprint density at radius 3 is 2.59 bits per heavy atom. The van der Waals surface area contributed by atoms with Crippen LogP contribution in [0, 0.1) is 5.92 Å². The molecule has 4 rings (SSSR count). The smallest absolute Gasteiger partial charge is 0.351 e. The van der Waals surface area contributed by atoms with Crippen LogP contribution in [0.1, 0.15) is 58.6 Å². The second-order valence-electron chi connectivity index (χ2n) is 8.56. The molecule has 10 heteroatoms. The number of carbonyl (C=O) groups is 2. The van der Waals surface area contributed by atoms with Crippen molar-refractivity contribution < 1.29 is 22.8 Å². The molecule has 0 unspecified atom stereocenters. The topological polar surface area (TPSA) is 91.0 Å². The third-order valence-electron chi connectivity index (χ3n) is 6.20. The van der Waals surface area contributed by atoms with Crippen molar-refractivity contribution >= 4 is 22.7 Å². The van der Waals surface area contributed by atoms with Crippen LogP contribution in [0.25, 0.3) is 10.9 Å². The van der Waals surface area contributed by atoms with Crippen LogP contribution in [-0.4, -0.2) is 51.3 Å². The van der Waals surface area contributed by atoms with Gasteiger partial charge in [0.25, 0.3) is 11.8 Å². The minimum Gasteiger partial charge on any atom is -0.351 e. The molecule has 0 radical (unpaired) electrons. The lowest BCUT2D eigenvalue weighted by Crippen LogP contribution is -2.38. The van der Waals surface area contributed by atoms with Crippen molar-refractivity contribution in [3.8, 4) is 0 Å². The van der Waals surface area contributed by atoms with Gasteiger partial charge in [-0.25, -0.2) is 0 Å². The lowest BCUT2D eigenvalue weighted by atomic mass is 9.91. The van der Waals surface area contributed by atoms with E-state index >= 15 is 0 Å². The molecular weight excluding hydrogens is 447 g/mol. The van der Waals surface area contributed by atoms with E-state index in [1.165, 1.54) is 0 Å². The number of nitrogens with zero attached hydrogens (tertiary/aromatic N) is 3. The maximum atomic E-state index is 12.7. The Hall–Kier alpha value is -3.43. The molecule has 2 N–H and O–H groups in total. The average molecular weight is 473 g/mol. The number of carbonyl (C=O) groups excluding carboxylic acids is 2. The number of likely N-dealkylation sites (tertiary alicyclic amines) is 1. The van der Waals surface area contributed by atoms with Crippen LogP contribution in [0.2, 0.25) is 0 Å². The van der Waals surface area contributed by atoms with E-state index in [0.717, 1.165) is 55.1 Å². The molecule has 3 aromatic heterocycles. The van der Waals surface area contributed by atoms with Gasteiger partial charge in [-0.15, -0.1) is 0 Å². The summed E-state index contributed by atoms with van der Waals surface area (Å²) in [5.74, 6) is 0.0177. The largest absolute Gasteiger partial charge is 0.417 e. The number of H-pyrrole nitrogens is 1. The molecule has 1 saturated heterocycles. The lowest BCUT2D eigenvalue weighted by Gasteiger charge is -2.32. The van der Waals surface area contributed by atoms with Gasteiger partial charge in [0.15, 0.2) is 0 Å². The maximum Gasteiger partial charge on any atom is 0.417 e. The zero-order valence-electron chi connectivity index (χ0n) is 18.6. The van der Waals surface area contributed by atoms with E-state index in [0.29, 0.717) is 37.4 Å². The number of unbranched alkanes of at least 4 members (excludes halogenated alkanes) is 1. The number of halogens is 3. The van der Waals surface area contributed by atoms with Crippen LogP contribution >= 0.6 is 0 Å². The van der Waals surface area contributed by atoms with Gasteiger partial charge in [-0.3, -0.25) is 19.6 Å². The fraction of sp³-hybridized carbons (Fsp3) is 0.417. The fourth-order valence-corrected chi connectivity index (χ4v) is 4.22. The summed E-state index contributed by atoms with van der Waals surface area (Å²) < 4.78 is 38.0. The first-order valence-electron chi connectivity index (χ1n) is 11.3. The zero-order chi connectivity index (χ0) is 24.1. The Kier molecular flexibility index (Phi) is 7.14. The third-order valence-corrected chi connectivity index (χ3v) is 6.20. The Bertz CT molecular complexity index is 1100. The molecule has 1 aliphatic rings. The number of aromatic amines is 1. The Labute approximate surface area is 194 Å².